The number of nitrogens with zero attached hydrogens (tertiary/aromatic N) is 2. The number of halogens is 1. The molecular formula is C17H14ClN3O5. The van der Waals surface area contributed by atoms with Gasteiger partial charge in [-0.2, -0.15) is 5.10 Å². The number of hydrogen-bond donors (Lipinski definition) is 2. The molecule has 2 heterocycles. The highest BCUT2D eigenvalue weighted by atomic mass is 35.5. The third-order valence-electron chi connectivity index (χ3n) is 3.45. The Morgan fingerprint density at radius 3 is 2.88 bits per heavy atom. The molecule has 0 spiro atoms. The highest BCUT2D eigenvalue weighted by Crippen LogP contribution is 2.20. The van der Waals surface area contributed by atoms with Crippen molar-refractivity contribution in [3.8, 4) is 5.75 Å². The van der Waals surface area contributed by atoms with Crippen LogP contribution in [0, 0.1) is 0 Å². The molecule has 134 valence electrons. The van der Waals surface area contributed by atoms with Crippen LogP contribution >= 0.6 is 11.6 Å². The third-order valence-corrected chi connectivity index (χ3v) is 3.69. The van der Waals surface area contributed by atoms with Crippen LogP contribution in [0.5, 0.6) is 5.75 Å². The summed E-state index contributed by atoms with van der Waals surface area (Å²) in [7, 11) is 1.47. The fraction of sp³-hybridized carbons (Fsp3) is 0.118. The Labute approximate surface area is 152 Å². The molecule has 3 aromatic rings. The van der Waals surface area contributed by atoms with E-state index in [1.807, 2.05) is 0 Å². The number of nitrogens with one attached hydrogen (secondary N) is 1. The molecule has 0 aliphatic carbocycles. The van der Waals surface area contributed by atoms with Crippen LogP contribution in [-0.4, -0.2) is 26.8 Å². The number of aryl methyl sites for hydroxylation is 1. The maximum Gasteiger partial charge on any atom is 0.356 e. The van der Waals surface area contributed by atoms with E-state index >= 15 is 0 Å². The number of ether oxygens (including phenoxy) is 1. The minimum Gasteiger partial charge on any atom is -0.486 e. The van der Waals surface area contributed by atoms with E-state index in [4.69, 9.17) is 25.9 Å². The molecule has 3 rings (SSSR count). The number of rotatable bonds is 6. The molecule has 8 nitrogen and oxygen atoms in total. The number of aromatic nitrogens is 2. The second kappa shape index (κ2) is 7.32. The molecule has 1 aromatic carbocycles. The summed E-state index contributed by atoms with van der Waals surface area (Å²) in [5.41, 5.74) is -0.0486. The van der Waals surface area contributed by atoms with Crippen LogP contribution in [0.25, 0.3) is 0 Å². The molecule has 0 saturated heterocycles. The summed E-state index contributed by atoms with van der Waals surface area (Å²) in [6, 6.07) is 9.97. The average Bonchev–Trinajstić information content (AvgIpc) is 3.20. The average molecular weight is 376 g/mol. The zero-order valence-corrected chi connectivity index (χ0v) is 14.4. The standard InChI is InChI=1S/C17H14ClN3O5/c1-21-15(17(23)24)13(8-19-21)20-16(22)14-6-5-12(26-14)9-25-11-4-2-3-10(18)7-11/h2-8H,9H2,1H3,(H,20,22)(H,23,24). The van der Waals surface area contributed by atoms with Crippen molar-refractivity contribution in [1.29, 1.82) is 0 Å². The first-order chi connectivity index (χ1) is 12.4. The van der Waals surface area contributed by atoms with Crippen LogP contribution in [0.15, 0.2) is 47.0 Å². The SMILES string of the molecule is Cn1ncc(NC(=O)c2ccc(COc3cccc(Cl)c3)o2)c1C(=O)O. The normalized spacial score (nSPS) is 10.5. The zero-order valence-electron chi connectivity index (χ0n) is 13.6. The van der Waals surface area contributed by atoms with Gasteiger partial charge in [0, 0.05) is 12.1 Å². The number of carboxylic acid groups (broad SMARTS) is 1. The van der Waals surface area contributed by atoms with E-state index in [-0.39, 0.29) is 23.7 Å². The highest BCUT2D eigenvalue weighted by molar-refractivity contribution is 6.30. The van der Waals surface area contributed by atoms with E-state index in [9.17, 15) is 9.59 Å². The Bertz CT molecular complexity index is 963. The van der Waals surface area contributed by atoms with Gasteiger partial charge in [-0.1, -0.05) is 17.7 Å². The van der Waals surface area contributed by atoms with E-state index in [0.717, 1.165) is 4.68 Å². The number of hydrogen-bond acceptors (Lipinski definition) is 5. The number of carbonyl (C=O) groups is 2. The quantitative estimate of drug-likeness (QED) is 0.685. The topological polar surface area (TPSA) is 107 Å². The van der Waals surface area contributed by atoms with Crippen LogP contribution in [0.1, 0.15) is 26.8 Å². The van der Waals surface area contributed by atoms with E-state index in [2.05, 4.69) is 10.4 Å². The lowest BCUT2D eigenvalue weighted by Crippen LogP contribution is -2.15. The largest absolute Gasteiger partial charge is 0.486 e. The maximum atomic E-state index is 12.2. The van der Waals surface area contributed by atoms with Crippen molar-refractivity contribution in [2.45, 2.75) is 6.61 Å². The molecule has 0 bridgehead atoms. The van der Waals surface area contributed by atoms with Gasteiger partial charge in [-0.25, -0.2) is 4.79 Å². The van der Waals surface area contributed by atoms with Gasteiger partial charge in [0.2, 0.25) is 0 Å². The van der Waals surface area contributed by atoms with Gasteiger partial charge in [0.1, 0.15) is 18.1 Å². The number of anilines is 1. The van der Waals surface area contributed by atoms with Crippen LogP contribution < -0.4 is 10.1 Å². The minimum atomic E-state index is -1.20. The smallest absolute Gasteiger partial charge is 0.356 e. The second-order valence-corrected chi connectivity index (χ2v) is 5.74. The lowest BCUT2D eigenvalue weighted by atomic mass is 10.3. The number of amides is 1. The molecule has 2 aromatic heterocycles. The van der Waals surface area contributed by atoms with Crippen molar-refractivity contribution in [1.82, 2.24) is 9.78 Å². The monoisotopic (exact) mass is 375 g/mol. The second-order valence-electron chi connectivity index (χ2n) is 5.30. The van der Waals surface area contributed by atoms with Crippen LogP contribution in [0.4, 0.5) is 5.69 Å². The first-order valence-electron chi connectivity index (χ1n) is 7.48. The molecule has 0 aliphatic heterocycles. The lowest BCUT2D eigenvalue weighted by Gasteiger charge is -2.04. The summed E-state index contributed by atoms with van der Waals surface area (Å²) >= 11 is 5.88. The van der Waals surface area contributed by atoms with Gasteiger partial charge in [0.25, 0.3) is 5.91 Å². The van der Waals surface area contributed by atoms with Gasteiger partial charge in [-0.05, 0) is 30.3 Å². The molecule has 26 heavy (non-hydrogen) atoms. The predicted molar refractivity (Wildman–Crippen MR) is 92.6 cm³/mol. The minimum absolute atomic E-state index is 0.0230. The van der Waals surface area contributed by atoms with Gasteiger partial charge in [0.15, 0.2) is 11.5 Å². The molecule has 0 atom stereocenters. The lowest BCUT2D eigenvalue weighted by molar-refractivity contribution is 0.0686. The first-order valence-corrected chi connectivity index (χ1v) is 7.85. The van der Waals surface area contributed by atoms with Crippen LogP contribution in [-0.2, 0) is 13.7 Å². The summed E-state index contributed by atoms with van der Waals surface area (Å²) in [5, 5.41) is 16.0. The summed E-state index contributed by atoms with van der Waals surface area (Å²) in [6.07, 6.45) is 1.26. The molecule has 9 heteroatoms. The molecule has 0 fully saturated rings. The molecule has 0 unspecified atom stereocenters. The Kier molecular flexibility index (Phi) is 4.94. The summed E-state index contributed by atoms with van der Waals surface area (Å²) in [4.78, 5) is 23.4. The van der Waals surface area contributed by atoms with Crippen molar-refractivity contribution in [3.05, 3.63) is 64.8 Å². The fourth-order valence-electron chi connectivity index (χ4n) is 2.26. The highest BCUT2D eigenvalue weighted by Gasteiger charge is 2.20. The molecule has 2 N–H and O–H groups in total. The van der Waals surface area contributed by atoms with Crippen molar-refractivity contribution >= 4 is 29.2 Å². The number of furan rings is 1. The van der Waals surface area contributed by atoms with Crippen molar-refractivity contribution < 1.29 is 23.8 Å². The molecular weight excluding hydrogens is 362 g/mol. The Balaban J connectivity index is 1.66. The van der Waals surface area contributed by atoms with E-state index in [1.54, 1.807) is 30.3 Å². The van der Waals surface area contributed by atoms with E-state index in [0.29, 0.717) is 16.5 Å². The third kappa shape index (κ3) is 3.86. The first kappa shape index (κ1) is 17.6. The Hall–Kier alpha value is -3.26. The van der Waals surface area contributed by atoms with Crippen LogP contribution in [0.2, 0.25) is 5.02 Å². The predicted octanol–water partition coefficient (Wildman–Crippen LogP) is 3.20. The number of carboxylic acids is 1. The van der Waals surface area contributed by atoms with Crippen molar-refractivity contribution in [2.75, 3.05) is 5.32 Å². The van der Waals surface area contributed by atoms with Crippen molar-refractivity contribution in [3.63, 3.8) is 0 Å². The summed E-state index contributed by atoms with van der Waals surface area (Å²) in [5.74, 6) is -0.763. The van der Waals surface area contributed by atoms with Crippen molar-refractivity contribution in [2.24, 2.45) is 7.05 Å². The van der Waals surface area contributed by atoms with Crippen LogP contribution in [0.3, 0.4) is 0 Å². The van der Waals surface area contributed by atoms with Gasteiger partial charge in [-0.15, -0.1) is 0 Å². The molecule has 0 aliphatic rings. The molecule has 0 radical (unpaired) electrons. The van der Waals surface area contributed by atoms with E-state index < -0.39 is 11.9 Å². The maximum absolute atomic E-state index is 12.2. The summed E-state index contributed by atoms with van der Waals surface area (Å²) < 4.78 is 12.1. The number of aromatic carboxylic acids is 1. The van der Waals surface area contributed by atoms with Gasteiger partial charge in [0.05, 0.1) is 11.9 Å². The van der Waals surface area contributed by atoms with Gasteiger partial charge < -0.3 is 19.6 Å². The van der Waals surface area contributed by atoms with E-state index in [1.165, 1.54) is 19.3 Å². The summed E-state index contributed by atoms with van der Waals surface area (Å²) in [6.45, 7) is 0.112. The molecule has 0 saturated carbocycles. The number of benzene rings is 1. The number of carbonyl (C=O) groups excluding carboxylic acids is 1. The molecule has 1 amide bonds. The fourth-order valence-corrected chi connectivity index (χ4v) is 2.44. The van der Waals surface area contributed by atoms with Gasteiger partial charge >= 0.3 is 5.97 Å². The van der Waals surface area contributed by atoms with Gasteiger partial charge in [-0.3, -0.25) is 9.48 Å². The Morgan fingerprint density at radius 2 is 2.15 bits per heavy atom. The Morgan fingerprint density at radius 1 is 1.35 bits per heavy atom. The zero-order chi connectivity index (χ0) is 18.7.